The fraction of sp³-hybridized carbons (Fsp3) is 0.333. The number of hydrogen-bond acceptors (Lipinski definition) is 3. The van der Waals surface area contributed by atoms with E-state index in [9.17, 15) is 9.59 Å². The van der Waals surface area contributed by atoms with Crippen molar-refractivity contribution in [2.75, 3.05) is 0 Å². The molecule has 1 N–H and O–H groups in total. The number of benzene rings is 1. The normalized spacial score (nSPS) is 15.2. The summed E-state index contributed by atoms with van der Waals surface area (Å²) in [5, 5.41) is 9.05. The highest BCUT2D eigenvalue weighted by Crippen LogP contribution is 2.36. The van der Waals surface area contributed by atoms with E-state index in [-0.39, 0.29) is 16.8 Å². The van der Waals surface area contributed by atoms with Crippen LogP contribution in [-0.2, 0) is 6.54 Å². The minimum Gasteiger partial charge on any atom is -0.477 e. The van der Waals surface area contributed by atoms with Crippen LogP contribution in [0.15, 0.2) is 42.5 Å². The molecule has 120 valence electrons. The van der Waals surface area contributed by atoms with Gasteiger partial charge < -0.3 is 10.0 Å². The number of rotatable bonds is 6. The average molecular weight is 329 g/mol. The maximum Gasteiger partial charge on any atom is 0.345 e. The van der Waals surface area contributed by atoms with Gasteiger partial charge in [0.2, 0.25) is 0 Å². The van der Waals surface area contributed by atoms with E-state index in [1.54, 1.807) is 6.07 Å². The summed E-state index contributed by atoms with van der Waals surface area (Å²) in [7, 11) is 0. The fourth-order valence-corrected chi connectivity index (χ4v) is 3.52. The van der Waals surface area contributed by atoms with Crippen LogP contribution < -0.4 is 0 Å². The molecule has 3 rings (SSSR count). The Morgan fingerprint density at radius 2 is 1.83 bits per heavy atom. The number of nitrogens with zero attached hydrogens (tertiary/aromatic N) is 1. The average Bonchev–Trinajstić information content (AvgIpc) is 3.28. The van der Waals surface area contributed by atoms with E-state index in [0.717, 1.165) is 29.7 Å². The molecular formula is C18H19NO3S. The largest absolute Gasteiger partial charge is 0.477 e. The first-order valence-corrected chi connectivity index (χ1v) is 8.56. The van der Waals surface area contributed by atoms with Gasteiger partial charge >= 0.3 is 5.97 Å². The van der Waals surface area contributed by atoms with E-state index in [4.69, 9.17) is 5.11 Å². The van der Waals surface area contributed by atoms with Crippen LogP contribution in [0.5, 0.6) is 0 Å². The van der Waals surface area contributed by atoms with E-state index in [0.29, 0.717) is 17.3 Å². The number of carbonyl (C=O) groups is 2. The maximum absolute atomic E-state index is 12.9. The van der Waals surface area contributed by atoms with Gasteiger partial charge in [0.25, 0.3) is 5.91 Å². The van der Waals surface area contributed by atoms with Crippen molar-refractivity contribution in [1.82, 2.24) is 4.90 Å². The minimum absolute atomic E-state index is 0.0780. The van der Waals surface area contributed by atoms with Crippen LogP contribution in [0.2, 0.25) is 0 Å². The second-order valence-electron chi connectivity index (χ2n) is 5.97. The third-order valence-corrected chi connectivity index (χ3v) is 5.34. The first kappa shape index (κ1) is 15.7. The molecule has 4 nitrogen and oxygen atoms in total. The smallest absolute Gasteiger partial charge is 0.345 e. The Morgan fingerprint density at radius 1 is 1.17 bits per heavy atom. The van der Waals surface area contributed by atoms with Crippen molar-refractivity contribution >= 4 is 23.2 Å². The molecule has 0 aliphatic heterocycles. The number of aromatic carboxylic acids is 1. The third kappa shape index (κ3) is 3.62. The molecule has 1 aromatic heterocycles. The molecule has 1 aromatic carbocycles. The predicted molar refractivity (Wildman–Crippen MR) is 89.8 cm³/mol. The summed E-state index contributed by atoms with van der Waals surface area (Å²) in [4.78, 5) is 26.5. The standard InChI is InChI=1S/C18H19NO3S/c1-12(14-7-8-14)19(11-13-5-3-2-4-6-13)17(20)15-9-10-16(23-15)18(21)22/h2-6,9-10,12,14H,7-8,11H2,1H3,(H,21,22). The molecule has 1 aliphatic rings. The number of thiophene rings is 1. The Kier molecular flexibility index (Phi) is 4.48. The van der Waals surface area contributed by atoms with Crippen LogP contribution in [0.4, 0.5) is 0 Å². The van der Waals surface area contributed by atoms with Gasteiger partial charge in [0.15, 0.2) is 0 Å². The van der Waals surface area contributed by atoms with Crippen LogP contribution in [0.1, 0.15) is 44.7 Å². The molecule has 1 unspecified atom stereocenters. The first-order chi connectivity index (χ1) is 11.1. The lowest BCUT2D eigenvalue weighted by molar-refractivity contribution is 0.0658. The highest BCUT2D eigenvalue weighted by atomic mass is 32.1. The molecule has 0 radical (unpaired) electrons. The van der Waals surface area contributed by atoms with Gasteiger partial charge in [-0.2, -0.15) is 0 Å². The van der Waals surface area contributed by atoms with E-state index >= 15 is 0 Å². The Labute approximate surface area is 139 Å². The third-order valence-electron chi connectivity index (χ3n) is 4.28. The molecule has 1 amide bonds. The van der Waals surface area contributed by atoms with Crippen LogP contribution in [-0.4, -0.2) is 27.9 Å². The predicted octanol–water partition coefficient (Wildman–Crippen LogP) is 3.89. The molecule has 2 aromatic rings. The summed E-state index contributed by atoms with van der Waals surface area (Å²) in [6.45, 7) is 2.64. The maximum atomic E-state index is 12.9. The van der Waals surface area contributed by atoms with Crippen molar-refractivity contribution in [2.24, 2.45) is 5.92 Å². The van der Waals surface area contributed by atoms with Crippen molar-refractivity contribution in [1.29, 1.82) is 0 Å². The molecule has 23 heavy (non-hydrogen) atoms. The quantitative estimate of drug-likeness (QED) is 0.875. The Morgan fingerprint density at radius 3 is 2.39 bits per heavy atom. The highest BCUT2D eigenvalue weighted by Gasteiger charge is 2.35. The molecule has 5 heteroatoms. The number of amides is 1. The van der Waals surface area contributed by atoms with Crippen molar-refractivity contribution in [3.8, 4) is 0 Å². The van der Waals surface area contributed by atoms with Crippen molar-refractivity contribution in [2.45, 2.75) is 32.4 Å². The number of carbonyl (C=O) groups excluding carboxylic acids is 1. The van der Waals surface area contributed by atoms with Gasteiger partial charge in [0, 0.05) is 12.6 Å². The van der Waals surface area contributed by atoms with Crippen molar-refractivity contribution in [3.05, 3.63) is 57.8 Å². The molecule has 1 fully saturated rings. The van der Waals surface area contributed by atoms with Gasteiger partial charge in [-0.3, -0.25) is 4.79 Å². The zero-order valence-corrected chi connectivity index (χ0v) is 13.8. The van der Waals surface area contributed by atoms with Gasteiger partial charge in [0.1, 0.15) is 4.88 Å². The Bertz CT molecular complexity index is 706. The van der Waals surface area contributed by atoms with E-state index in [1.807, 2.05) is 35.2 Å². The molecule has 1 heterocycles. The Hall–Kier alpha value is -2.14. The molecule has 0 spiro atoms. The van der Waals surface area contributed by atoms with Crippen molar-refractivity contribution in [3.63, 3.8) is 0 Å². The zero-order valence-electron chi connectivity index (χ0n) is 12.9. The monoisotopic (exact) mass is 329 g/mol. The molecule has 1 atom stereocenters. The van der Waals surface area contributed by atoms with Gasteiger partial charge in [-0.1, -0.05) is 30.3 Å². The number of hydrogen-bond donors (Lipinski definition) is 1. The van der Waals surface area contributed by atoms with Crippen molar-refractivity contribution < 1.29 is 14.7 Å². The van der Waals surface area contributed by atoms with Gasteiger partial charge in [-0.25, -0.2) is 4.79 Å². The highest BCUT2D eigenvalue weighted by molar-refractivity contribution is 7.15. The zero-order chi connectivity index (χ0) is 16.4. The lowest BCUT2D eigenvalue weighted by atomic mass is 10.1. The second kappa shape index (κ2) is 6.54. The topological polar surface area (TPSA) is 57.6 Å². The van der Waals surface area contributed by atoms with E-state index in [2.05, 4.69) is 6.92 Å². The molecule has 1 saturated carbocycles. The molecule has 1 aliphatic carbocycles. The summed E-state index contributed by atoms with van der Waals surface area (Å²) in [5.74, 6) is -0.508. The van der Waals surface area contributed by atoms with E-state index in [1.165, 1.54) is 6.07 Å². The number of carboxylic acid groups (broad SMARTS) is 1. The van der Waals surface area contributed by atoms with Crippen LogP contribution >= 0.6 is 11.3 Å². The lowest BCUT2D eigenvalue weighted by Gasteiger charge is -2.29. The van der Waals surface area contributed by atoms with E-state index < -0.39 is 5.97 Å². The van der Waals surface area contributed by atoms with Crippen LogP contribution in [0.3, 0.4) is 0 Å². The minimum atomic E-state index is -0.987. The summed E-state index contributed by atoms with van der Waals surface area (Å²) in [5.41, 5.74) is 1.09. The van der Waals surface area contributed by atoms with Gasteiger partial charge in [-0.05, 0) is 43.4 Å². The van der Waals surface area contributed by atoms with Gasteiger partial charge in [0.05, 0.1) is 4.88 Å². The summed E-state index contributed by atoms with van der Waals surface area (Å²) in [6.07, 6.45) is 2.31. The van der Waals surface area contributed by atoms with Crippen LogP contribution in [0.25, 0.3) is 0 Å². The van der Waals surface area contributed by atoms with Crippen LogP contribution in [0, 0.1) is 5.92 Å². The first-order valence-electron chi connectivity index (χ1n) is 7.74. The second-order valence-corrected chi connectivity index (χ2v) is 7.05. The van der Waals surface area contributed by atoms with Gasteiger partial charge in [-0.15, -0.1) is 11.3 Å². The molecular weight excluding hydrogens is 310 g/mol. The molecule has 0 bridgehead atoms. The number of carboxylic acids is 1. The summed E-state index contributed by atoms with van der Waals surface area (Å²) >= 11 is 1.05. The summed E-state index contributed by atoms with van der Waals surface area (Å²) in [6, 6.07) is 13.2. The fourth-order valence-electron chi connectivity index (χ4n) is 2.72. The Balaban J connectivity index is 1.84. The molecule has 0 saturated heterocycles. The SMILES string of the molecule is CC(C1CC1)N(Cc1ccccc1)C(=O)c1ccc(C(=O)O)s1. The summed E-state index contributed by atoms with van der Waals surface area (Å²) < 4.78 is 0. The lowest BCUT2D eigenvalue weighted by Crippen LogP contribution is -2.39.